The van der Waals surface area contributed by atoms with Gasteiger partial charge < -0.3 is 20.7 Å². The lowest BCUT2D eigenvalue weighted by Gasteiger charge is -2.23. The zero-order valence-corrected chi connectivity index (χ0v) is 16.1. The molecule has 6 nitrogen and oxygen atoms in total. The van der Waals surface area contributed by atoms with E-state index in [2.05, 4.69) is 10.6 Å². The fourth-order valence-electron chi connectivity index (χ4n) is 3.28. The summed E-state index contributed by atoms with van der Waals surface area (Å²) in [6.07, 6.45) is 1.33. The summed E-state index contributed by atoms with van der Waals surface area (Å²) in [7, 11) is -1.70. The van der Waals surface area contributed by atoms with E-state index >= 15 is 0 Å². The Morgan fingerprint density at radius 2 is 1.82 bits per heavy atom. The SMILES string of the molecule is Cc1cccc(C[C@H](NC(=O)C2(NC(=O)c3ccccc3C)CC2)B(O)O)c1. The van der Waals surface area contributed by atoms with Crippen molar-refractivity contribution in [2.45, 2.75) is 44.6 Å². The molecule has 2 amide bonds. The molecule has 1 aliphatic rings. The molecule has 4 N–H and O–H groups in total. The van der Waals surface area contributed by atoms with Crippen molar-refractivity contribution in [2.24, 2.45) is 0 Å². The van der Waals surface area contributed by atoms with Gasteiger partial charge in [-0.25, -0.2) is 0 Å². The first-order valence-corrected chi connectivity index (χ1v) is 9.41. The Balaban J connectivity index is 1.67. The molecule has 1 saturated carbocycles. The highest BCUT2D eigenvalue weighted by molar-refractivity contribution is 6.43. The molecule has 3 rings (SSSR count). The average Bonchev–Trinajstić information content (AvgIpc) is 3.42. The van der Waals surface area contributed by atoms with Gasteiger partial charge in [0.25, 0.3) is 5.91 Å². The molecule has 1 atom stereocenters. The zero-order chi connectivity index (χ0) is 20.3. The zero-order valence-electron chi connectivity index (χ0n) is 16.1. The van der Waals surface area contributed by atoms with Crippen molar-refractivity contribution < 1.29 is 19.6 Å². The number of hydrogen-bond donors (Lipinski definition) is 4. The van der Waals surface area contributed by atoms with Gasteiger partial charge in [0.15, 0.2) is 0 Å². The molecule has 0 aromatic heterocycles. The monoisotopic (exact) mass is 380 g/mol. The minimum atomic E-state index is -1.70. The van der Waals surface area contributed by atoms with Crippen molar-refractivity contribution in [2.75, 3.05) is 0 Å². The first-order valence-electron chi connectivity index (χ1n) is 9.41. The molecule has 0 unspecified atom stereocenters. The molecule has 0 saturated heterocycles. The molecule has 0 spiro atoms. The van der Waals surface area contributed by atoms with Gasteiger partial charge in [-0.05, 0) is 50.3 Å². The van der Waals surface area contributed by atoms with Crippen molar-refractivity contribution in [3.05, 3.63) is 70.8 Å². The third-order valence-electron chi connectivity index (χ3n) is 5.14. The summed E-state index contributed by atoms with van der Waals surface area (Å²) in [5.41, 5.74) is 2.32. The van der Waals surface area contributed by atoms with Crippen LogP contribution in [-0.4, -0.2) is 40.5 Å². The summed E-state index contributed by atoms with van der Waals surface area (Å²) in [5, 5.41) is 25.0. The lowest BCUT2D eigenvalue weighted by molar-refractivity contribution is -0.124. The minimum Gasteiger partial charge on any atom is -0.426 e. The van der Waals surface area contributed by atoms with Crippen LogP contribution >= 0.6 is 0 Å². The lowest BCUT2D eigenvalue weighted by Crippen LogP contribution is -2.56. The highest BCUT2D eigenvalue weighted by Gasteiger charge is 2.52. The number of carbonyl (C=O) groups excluding carboxylic acids is 2. The molecule has 0 radical (unpaired) electrons. The van der Waals surface area contributed by atoms with Crippen LogP contribution in [0.1, 0.15) is 39.9 Å². The number of hydrogen-bond acceptors (Lipinski definition) is 4. The maximum absolute atomic E-state index is 12.8. The number of nitrogens with one attached hydrogen (secondary N) is 2. The quantitative estimate of drug-likeness (QED) is 0.545. The maximum Gasteiger partial charge on any atom is 0.475 e. The van der Waals surface area contributed by atoms with E-state index in [1.54, 1.807) is 12.1 Å². The van der Waals surface area contributed by atoms with Crippen LogP contribution in [-0.2, 0) is 11.2 Å². The molecule has 1 fully saturated rings. The van der Waals surface area contributed by atoms with Gasteiger partial charge in [0.2, 0.25) is 5.91 Å². The van der Waals surface area contributed by atoms with Crippen molar-refractivity contribution in [3.8, 4) is 0 Å². The van der Waals surface area contributed by atoms with Crippen molar-refractivity contribution in [1.29, 1.82) is 0 Å². The molecule has 0 heterocycles. The second-order valence-electron chi connectivity index (χ2n) is 7.54. The van der Waals surface area contributed by atoms with Crippen molar-refractivity contribution in [3.63, 3.8) is 0 Å². The van der Waals surface area contributed by atoms with Gasteiger partial charge in [-0.1, -0.05) is 48.0 Å². The molecular weight excluding hydrogens is 355 g/mol. The van der Waals surface area contributed by atoms with Crippen LogP contribution in [0.5, 0.6) is 0 Å². The molecule has 146 valence electrons. The van der Waals surface area contributed by atoms with E-state index in [0.717, 1.165) is 16.7 Å². The van der Waals surface area contributed by atoms with Crippen molar-refractivity contribution >= 4 is 18.9 Å². The van der Waals surface area contributed by atoms with Gasteiger partial charge in [0, 0.05) is 5.56 Å². The summed E-state index contributed by atoms with van der Waals surface area (Å²) in [4.78, 5) is 25.4. The van der Waals surface area contributed by atoms with Crippen LogP contribution in [0.4, 0.5) is 0 Å². The molecule has 0 bridgehead atoms. The van der Waals surface area contributed by atoms with Gasteiger partial charge in [-0.2, -0.15) is 0 Å². The third-order valence-corrected chi connectivity index (χ3v) is 5.14. The smallest absolute Gasteiger partial charge is 0.426 e. The molecule has 28 heavy (non-hydrogen) atoms. The third kappa shape index (κ3) is 4.61. The van der Waals surface area contributed by atoms with E-state index in [-0.39, 0.29) is 18.2 Å². The van der Waals surface area contributed by atoms with E-state index in [0.29, 0.717) is 18.4 Å². The molecule has 1 aliphatic carbocycles. The summed E-state index contributed by atoms with van der Waals surface area (Å²) in [5.74, 6) is -1.55. The van der Waals surface area contributed by atoms with E-state index in [4.69, 9.17) is 0 Å². The van der Waals surface area contributed by atoms with E-state index in [1.165, 1.54) is 0 Å². The largest absolute Gasteiger partial charge is 0.475 e. The summed E-state index contributed by atoms with van der Waals surface area (Å²) >= 11 is 0. The van der Waals surface area contributed by atoms with Gasteiger partial charge in [0.05, 0.1) is 5.94 Å². The van der Waals surface area contributed by atoms with Crippen LogP contribution in [0.25, 0.3) is 0 Å². The van der Waals surface area contributed by atoms with E-state index < -0.39 is 18.6 Å². The fraction of sp³-hybridized carbons (Fsp3) is 0.333. The van der Waals surface area contributed by atoms with Crippen LogP contribution in [0.3, 0.4) is 0 Å². The Morgan fingerprint density at radius 3 is 2.43 bits per heavy atom. The molecular formula is C21H25BN2O4. The predicted octanol–water partition coefficient (Wildman–Crippen LogP) is 1.31. The number of rotatable bonds is 7. The number of amides is 2. The van der Waals surface area contributed by atoms with E-state index in [9.17, 15) is 19.6 Å². The second-order valence-corrected chi connectivity index (χ2v) is 7.54. The molecule has 7 heteroatoms. The first kappa shape index (κ1) is 20.1. The predicted molar refractivity (Wildman–Crippen MR) is 108 cm³/mol. The van der Waals surface area contributed by atoms with Crippen molar-refractivity contribution in [1.82, 2.24) is 10.6 Å². The highest BCUT2D eigenvalue weighted by atomic mass is 16.4. The van der Waals surface area contributed by atoms with Gasteiger partial charge in [0.1, 0.15) is 5.54 Å². The second kappa shape index (κ2) is 8.16. The van der Waals surface area contributed by atoms with Crippen LogP contribution in [0.15, 0.2) is 48.5 Å². The summed E-state index contributed by atoms with van der Waals surface area (Å²) < 4.78 is 0. The molecule has 0 aliphatic heterocycles. The van der Waals surface area contributed by atoms with Gasteiger partial charge >= 0.3 is 7.12 Å². The Hall–Kier alpha value is -2.64. The van der Waals surface area contributed by atoms with Gasteiger partial charge in [-0.15, -0.1) is 0 Å². The normalized spacial score (nSPS) is 15.4. The van der Waals surface area contributed by atoms with E-state index in [1.807, 2.05) is 50.2 Å². The Bertz CT molecular complexity index is 880. The minimum absolute atomic E-state index is 0.285. The topological polar surface area (TPSA) is 98.7 Å². The fourth-order valence-corrected chi connectivity index (χ4v) is 3.28. The number of benzene rings is 2. The van der Waals surface area contributed by atoms with Gasteiger partial charge in [-0.3, -0.25) is 9.59 Å². The molecule has 2 aromatic carbocycles. The Labute approximate surface area is 165 Å². The summed E-state index contributed by atoms with van der Waals surface area (Å²) in [6.45, 7) is 3.79. The maximum atomic E-state index is 12.8. The molecule has 2 aromatic rings. The highest BCUT2D eigenvalue weighted by Crippen LogP contribution is 2.36. The average molecular weight is 380 g/mol. The Morgan fingerprint density at radius 1 is 1.11 bits per heavy atom. The van der Waals surface area contributed by atoms with Crippen LogP contribution in [0, 0.1) is 13.8 Å². The van der Waals surface area contributed by atoms with Crippen LogP contribution < -0.4 is 10.6 Å². The summed E-state index contributed by atoms with van der Waals surface area (Å²) in [6, 6.07) is 14.8. The lowest BCUT2D eigenvalue weighted by atomic mass is 9.75. The van der Waals surface area contributed by atoms with Crippen LogP contribution in [0.2, 0.25) is 0 Å². The number of carbonyl (C=O) groups is 2. The standard InChI is InChI=1S/C21H25BN2O4/c1-14-6-5-8-16(12-14)13-18(22(27)28)23-20(26)21(10-11-21)24-19(25)17-9-4-3-7-15(17)2/h3-9,12,18,27-28H,10-11,13H2,1-2H3,(H,23,26)(H,24,25)/t18-/m0/s1. The first-order chi connectivity index (χ1) is 13.3. The number of aryl methyl sites for hydroxylation is 2. The Kier molecular flexibility index (Phi) is 5.86.